The average Bonchev–Trinajstić information content (AvgIpc) is 2.73. The van der Waals surface area contributed by atoms with Gasteiger partial charge in [0, 0.05) is 37.6 Å². The van der Waals surface area contributed by atoms with Crippen molar-refractivity contribution in [2.75, 3.05) is 57.0 Å². The van der Waals surface area contributed by atoms with Crippen molar-refractivity contribution < 1.29 is 14.3 Å². The van der Waals surface area contributed by atoms with E-state index in [-0.39, 0.29) is 11.8 Å². The second kappa shape index (κ2) is 10.2. The third kappa shape index (κ3) is 6.05. The Labute approximate surface area is 178 Å². The van der Waals surface area contributed by atoms with E-state index in [9.17, 15) is 9.59 Å². The number of rotatable bonds is 7. The summed E-state index contributed by atoms with van der Waals surface area (Å²) in [4.78, 5) is 28.9. The van der Waals surface area contributed by atoms with Crippen molar-refractivity contribution in [1.82, 2.24) is 9.80 Å². The normalized spacial score (nSPS) is 14.9. The summed E-state index contributed by atoms with van der Waals surface area (Å²) in [7, 11) is 1.61. The fourth-order valence-corrected chi connectivity index (χ4v) is 3.46. The summed E-state index contributed by atoms with van der Waals surface area (Å²) in [6.45, 7) is 7.79. The first kappa shape index (κ1) is 21.8. The quantitative estimate of drug-likeness (QED) is 0.734. The lowest BCUT2D eigenvalue weighted by atomic mass is 10.1. The average molecular weight is 411 g/mol. The number of hydrogen-bond acceptors (Lipinski definition) is 5. The van der Waals surface area contributed by atoms with Crippen LogP contribution in [0, 0.1) is 13.8 Å². The standard InChI is InChI=1S/C23H30N4O3/c1-17-5-4-6-21(18(17)2)25-23(29)16-27-13-11-26(12-14-27)15-22(28)24-19-7-9-20(30-3)10-8-19/h4-10H,11-16H2,1-3H3,(H,24,28)(H,25,29). The van der Waals surface area contributed by atoms with Gasteiger partial charge >= 0.3 is 0 Å². The van der Waals surface area contributed by atoms with E-state index in [0.717, 1.165) is 54.4 Å². The number of carbonyl (C=O) groups excluding carboxylic acids is 2. The Morgan fingerprint density at radius 3 is 2.00 bits per heavy atom. The van der Waals surface area contributed by atoms with Gasteiger partial charge in [-0.15, -0.1) is 0 Å². The van der Waals surface area contributed by atoms with Gasteiger partial charge in [0.05, 0.1) is 20.2 Å². The first-order valence-corrected chi connectivity index (χ1v) is 10.2. The predicted octanol–water partition coefficient (Wildman–Crippen LogP) is 2.51. The van der Waals surface area contributed by atoms with Crippen LogP contribution in [-0.4, -0.2) is 68.0 Å². The highest BCUT2D eigenvalue weighted by molar-refractivity contribution is 5.93. The molecule has 0 spiro atoms. The van der Waals surface area contributed by atoms with Crippen LogP contribution >= 0.6 is 0 Å². The van der Waals surface area contributed by atoms with Crippen molar-refractivity contribution in [1.29, 1.82) is 0 Å². The highest BCUT2D eigenvalue weighted by atomic mass is 16.5. The Hall–Kier alpha value is -2.90. The number of nitrogens with zero attached hydrogens (tertiary/aromatic N) is 2. The summed E-state index contributed by atoms with van der Waals surface area (Å²) in [6.07, 6.45) is 0. The molecular weight excluding hydrogens is 380 g/mol. The lowest BCUT2D eigenvalue weighted by Gasteiger charge is -2.33. The maximum absolute atomic E-state index is 12.4. The molecule has 1 aliphatic heterocycles. The largest absolute Gasteiger partial charge is 0.497 e. The number of benzene rings is 2. The van der Waals surface area contributed by atoms with E-state index in [1.54, 1.807) is 7.11 Å². The number of amides is 2. The summed E-state index contributed by atoms with van der Waals surface area (Å²) in [5, 5.41) is 5.92. The van der Waals surface area contributed by atoms with Gasteiger partial charge in [-0.05, 0) is 55.3 Å². The number of hydrogen-bond donors (Lipinski definition) is 2. The van der Waals surface area contributed by atoms with Crippen LogP contribution in [-0.2, 0) is 9.59 Å². The molecule has 1 heterocycles. The fraction of sp³-hybridized carbons (Fsp3) is 0.391. The highest BCUT2D eigenvalue weighted by Gasteiger charge is 2.21. The van der Waals surface area contributed by atoms with Crippen LogP contribution in [0.3, 0.4) is 0 Å². The molecular formula is C23H30N4O3. The monoisotopic (exact) mass is 410 g/mol. The minimum Gasteiger partial charge on any atom is -0.497 e. The molecule has 30 heavy (non-hydrogen) atoms. The molecule has 2 aromatic rings. The molecule has 160 valence electrons. The lowest BCUT2D eigenvalue weighted by Crippen LogP contribution is -2.50. The Balaban J connectivity index is 1.40. The molecule has 2 amide bonds. The molecule has 0 bridgehead atoms. The highest BCUT2D eigenvalue weighted by Crippen LogP contribution is 2.18. The number of carbonyl (C=O) groups is 2. The van der Waals surface area contributed by atoms with E-state index in [1.807, 2.05) is 56.3 Å². The zero-order chi connectivity index (χ0) is 21.5. The van der Waals surface area contributed by atoms with Crippen LogP contribution in [0.5, 0.6) is 5.75 Å². The second-order valence-electron chi connectivity index (χ2n) is 7.62. The van der Waals surface area contributed by atoms with Gasteiger partial charge in [-0.25, -0.2) is 0 Å². The molecule has 1 fully saturated rings. The molecule has 0 radical (unpaired) electrons. The molecule has 0 unspecified atom stereocenters. The molecule has 1 saturated heterocycles. The third-order valence-electron chi connectivity index (χ3n) is 5.45. The van der Waals surface area contributed by atoms with Crippen LogP contribution in [0.25, 0.3) is 0 Å². The van der Waals surface area contributed by atoms with Crippen molar-refractivity contribution in [2.24, 2.45) is 0 Å². The number of aryl methyl sites for hydroxylation is 1. The summed E-state index contributed by atoms with van der Waals surface area (Å²) >= 11 is 0. The van der Waals surface area contributed by atoms with Crippen molar-refractivity contribution in [2.45, 2.75) is 13.8 Å². The van der Waals surface area contributed by atoms with E-state index in [2.05, 4.69) is 20.4 Å². The van der Waals surface area contributed by atoms with Crippen LogP contribution < -0.4 is 15.4 Å². The SMILES string of the molecule is COc1ccc(NC(=O)CN2CCN(CC(=O)Nc3cccc(C)c3C)CC2)cc1. The third-order valence-corrected chi connectivity index (χ3v) is 5.45. The Morgan fingerprint density at radius 1 is 0.867 bits per heavy atom. The van der Waals surface area contributed by atoms with E-state index < -0.39 is 0 Å². The molecule has 0 atom stereocenters. The number of anilines is 2. The van der Waals surface area contributed by atoms with E-state index >= 15 is 0 Å². The van der Waals surface area contributed by atoms with Gasteiger partial charge in [-0.2, -0.15) is 0 Å². The molecule has 0 aliphatic carbocycles. The molecule has 0 saturated carbocycles. The van der Waals surface area contributed by atoms with Crippen LogP contribution in [0.2, 0.25) is 0 Å². The van der Waals surface area contributed by atoms with Gasteiger partial charge in [0.2, 0.25) is 11.8 Å². The number of ether oxygens (including phenoxy) is 1. The summed E-state index contributed by atoms with van der Waals surface area (Å²) in [5.74, 6) is 0.710. The van der Waals surface area contributed by atoms with Crippen molar-refractivity contribution in [3.8, 4) is 5.75 Å². The number of methoxy groups -OCH3 is 1. The predicted molar refractivity (Wildman–Crippen MR) is 119 cm³/mol. The van der Waals surface area contributed by atoms with Crippen LogP contribution in [0.15, 0.2) is 42.5 Å². The topological polar surface area (TPSA) is 73.9 Å². The van der Waals surface area contributed by atoms with Crippen molar-refractivity contribution >= 4 is 23.2 Å². The Bertz CT molecular complexity index is 875. The second-order valence-corrected chi connectivity index (χ2v) is 7.62. The smallest absolute Gasteiger partial charge is 0.238 e. The maximum Gasteiger partial charge on any atom is 0.238 e. The molecule has 3 rings (SSSR count). The van der Waals surface area contributed by atoms with Crippen LogP contribution in [0.4, 0.5) is 11.4 Å². The van der Waals surface area contributed by atoms with Crippen molar-refractivity contribution in [3.63, 3.8) is 0 Å². The van der Waals surface area contributed by atoms with Gasteiger partial charge in [0.1, 0.15) is 5.75 Å². The maximum atomic E-state index is 12.4. The van der Waals surface area contributed by atoms with Gasteiger partial charge in [-0.3, -0.25) is 19.4 Å². The zero-order valence-electron chi connectivity index (χ0n) is 17.9. The molecule has 2 aromatic carbocycles. The molecule has 0 aromatic heterocycles. The van der Waals surface area contributed by atoms with Crippen LogP contribution in [0.1, 0.15) is 11.1 Å². The molecule has 7 nitrogen and oxygen atoms in total. The molecule has 7 heteroatoms. The minimum absolute atomic E-state index is 0.00519. The molecule has 2 N–H and O–H groups in total. The van der Waals surface area contributed by atoms with E-state index in [4.69, 9.17) is 4.74 Å². The zero-order valence-corrected chi connectivity index (χ0v) is 17.9. The van der Waals surface area contributed by atoms with Gasteiger partial charge < -0.3 is 15.4 Å². The number of piperazine rings is 1. The van der Waals surface area contributed by atoms with Crippen molar-refractivity contribution in [3.05, 3.63) is 53.6 Å². The van der Waals surface area contributed by atoms with Gasteiger partial charge in [-0.1, -0.05) is 12.1 Å². The molecule has 1 aliphatic rings. The Kier molecular flexibility index (Phi) is 7.43. The fourth-order valence-electron chi connectivity index (χ4n) is 3.46. The Morgan fingerprint density at radius 2 is 1.43 bits per heavy atom. The minimum atomic E-state index is -0.0405. The van der Waals surface area contributed by atoms with E-state index in [1.165, 1.54) is 0 Å². The first-order valence-electron chi connectivity index (χ1n) is 10.2. The lowest BCUT2D eigenvalue weighted by molar-refractivity contribution is -0.120. The van der Waals surface area contributed by atoms with Gasteiger partial charge in [0.25, 0.3) is 0 Å². The first-order chi connectivity index (χ1) is 14.4. The summed E-state index contributed by atoms with van der Waals surface area (Å²) < 4.78 is 5.12. The number of nitrogens with one attached hydrogen (secondary N) is 2. The summed E-state index contributed by atoms with van der Waals surface area (Å²) in [5.41, 5.74) is 3.88. The van der Waals surface area contributed by atoms with E-state index in [0.29, 0.717) is 13.1 Å². The van der Waals surface area contributed by atoms with Gasteiger partial charge in [0.15, 0.2) is 0 Å². The summed E-state index contributed by atoms with van der Waals surface area (Å²) in [6, 6.07) is 13.2.